The Morgan fingerprint density at radius 1 is 1.46 bits per heavy atom. The third-order valence-electron chi connectivity index (χ3n) is 2.21. The number of halogens is 2. The molecule has 1 N–H and O–H groups in total. The SMILES string of the molecule is Fc1cncc([C@H]2C[C@H](F)CN2)c1. The van der Waals surface area contributed by atoms with E-state index in [0.29, 0.717) is 13.0 Å². The zero-order chi connectivity index (χ0) is 9.26. The van der Waals surface area contributed by atoms with E-state index in [1.165, 1.54) is 6.07 Å². The Bertz CT molecular complexity index is 303. The van der Waals surface area contributed by atoms with Crippen LogP contribution in [0.2, 0.25) is 0 Å². The van der Waals surface area contributed by atoms with Gasteiger partial charge in [0, 0.05) is 18.8 Å². The van der Waals surface area contributed by atoms with Gasteiger partial charge < -0.3 is 5.32 Å². The lowest BCUT2D eigenvalue weighted by atomic mass is 10.1. The third-order valence-corrected chi connectivity index (χ3v) is 2.21. The van der Waals surface area contributed by atoms with E-state index in [1.54, 1.807) is 6.20 Å². The number of alkyl halides is 1. The van der Waals surface area contributed by atoms with Gasteiger partial charge in [-0.2, -0.15) is 0 Å². The van der Waals surface area contributed by atoms with Crippen LogP contribution >= 0.6 is 0 Å². The normalized spacial score (nSPS) is 27.8. The molecule has 0 saturated carbocycles. The van der Waals surface area contributed by atoms with E-state index >= 15 is 0 Å². The van der Waals surface area contributed by atoms with Gasteiger partial charge in [-0.25, -0.2) is 8.78 Å². The summed E-state index contributed by atoms with van der Waals surface area (Å²) >= 11 is 0. The number of aromatic nitrogens is 1. The second-order valence-corrected chi connectivity index (χ2v) is 3.23. The summed E-state index contributed by atoms with van der Waals surface area (Å²) in [5, 5.41) is 2.97. The summed E-state index contributed by atoms with van der Waals surface area (Å²) in [6.07, 6.45) is 2.29. The largest absolute Gasteiger partial charge is 0.307 e. The van der Waals surface area contributed by atoms with E-state index in [2.05, 4.69) is 10.3 Å². The molecule has 2 nitrogen and oxygen atoms in total. The molecule has 0 unspecified atom stereocenters. The quantitative estimate of drug-likeness (QED) is 0.717. The predicted molar refractivity (Wildman–Crippen MR) is 44.5 cm³/mol. The number of hydrogen-bond donors (Lipinski definition) is 1. The van der Waals surface area contributed by atoms with Gasteiger partial charge in [-0.15, -0.1) is 0 Å². The Labute approximate surface area is 75.0 Å². The maximum atomic E-state index is 12.8. The van der Waals surface area contributed by atoms with Gasteiger partial charge in [0.05, 0.1) is 6.20 Å². The minimum absolute atomic E-state index is 0.0850. The Hall–Kier alpha value is -1.03. The van der Waals surface area contributed by atoms with Crippen LogP contribution < -0.4 is 5.32 Å². The van der Waals surface area contributed by atoms with E-state index < -0.39 is 6.17 Å². The summed E-state index contributed by atoms with van der Waals surface area (Å²) in [7, 11) is 0. The van der Waals surface area contributed by atoms with Crippen LogP contribution in [0, 0.1) is 5.82 Å². The second kappa shape index (κ2) is 3.38. The molecule has 13 heavy (non-hydrogen) atoms. The molecule has 70 valence electrons. The van der Waals surface area contributed by atoms with Gasteiger partial charge >= 0.3 is 0 Å². The third kappa shape index (κ3) is 1.83. The molecule has 0 bridgehead atoms. The molecule has 0 aromatic carbocycles. The van der Waals surface area contributed by atoms with Crippen LogP contribution in [0.4, 0.5) is 8.78 Å². The highest BCUT2D eigenvalue weighted by Gasteiger charge is 2.24. The van der Waals surface area contributed by atoms with Gasteiger partial charge in [-0.1, -0.05) is 0 Å². The maximum absolute atomic E-state index is 12.8. The highest BCUT2D eigenvalue weighted by Crippen LogP contribution is 2.24. The molecule has 2 rings (SSSR count). The molecule has 2 atom stereocenters. The summed E-state index contributed by atoms with van der Waals surface area (Å²) < 4.78 is 25.5. The van der Waals surface area contributed by atoms with Crippen LogP contribution in [0.1, 0.15) is 18.0 Å². The number of nitrogens with one attached hydrogen (secondary N) is 1. The van der Waals surface area contributed by atoms with E-state index in [1.807, 2.05) is 0 Å². The van der Waals surface area contributed by atoms with Crippen LogP contribution in [0.3, 0.4) is 0 Å². The molecule has 0 spiro atoms. The first kappa shape index (κ1) is 8.56. The van der Waals surface area contributed by atoms with Crippen molar-refractivity contribution in [1.82, 2.24) is 10.3 Å². The van der Waals surface area contributed by atoms with Crippen molar-refractivity contribution in [2.45, 2.75) is 18.6 Å². The van der Waals surface area contributed by atoms with Crippen molar-refractivity contribution in [2.75, 3.05) is 6.54 Å². The summed E-state index contributed by atoms with van der Waals surface area (Å²) in [5.41, 5.74) is 0.722. The van der Waals surface area contributed by atoms with Crippen molar-refractivity contribution in [3.05, 3.63) is 29.8 Å². The van der Waals surface area contributed by atoms with Crippen molar-refractivity contribution < 1.29 is 8.78 Å². The minimum atomic E-state index is -0.826. The lowest BCUT2D eigenvalue weighted by Gasteiger charge is -2.08. The van der Waals surface area contributed by atoms with Crippen molar-refractivity contribution in [3.8, 4) is 0 Å². The molecule has 2 heterocycles. The molecule has 1 aliphatic heterocycles. The van der Waals surface area contributed by atoms with Crippen molar-refractivity contribution in [1.29, 1.82) is 0 Å². The monoisotopic (exact) mass is 184 g/mol. The van der Waals surface area contributed by atoms with Crippen molar-refractivity contribution in [2.24, 2.45) is 0 Å². The molecule has 0 amide bonds. The summed E-state index contributed by atoms with van der Waals surface area (Å²) in [5.74, 6) is -0.374. The summed E-state index contributed by atoms with van der Waals surface area (Å²) in [4.78, 5) is 3.72. The standard InChI is InChI=1S/C9H10F2N2/c10-7-1-6(3-12-4-7)9-2-8(11)5-13-9/h1,3-4,8-9,13H,2,5H2/t8-,9+/m0/s1. The van der Waals surface area contributed by atoms with E-state index in [4.69, 9.17) is 0 Å². The van der Waals surface area contributed by atoms with Crippen LogP contribution in [-0.2, 0) is 0 Å². The number of pyridine rings is 1. The van der Waals surface area contributed by atoms with E-state index in [-0.39, 0.29) is 11.9 Å². The van der Waals surface area contributed by atoms with Crippen LogP contribution in [-0.4, -0.2) is 17.7 Å². The van der Waals surface area contributed by atoms with Gasteiger partial charge in [0.15, 0.2) is 0 Å². The fourth-order valence-corrected chi connectivity index (χ4v) is 1.57. The molecule has 1 fully saturated rings. The smallest absolute Gasteiger partial charge is 0.141 e. The Kier molecular flexibility index (Phi) is 2.22. The molecule has 1 saturated heterocycles. The first-order chi connectivity index (χ1) is 6.25. The molecule has 0 radical (unpaired) electrons. The fraction of sp³-hybridized carbons (Fsp3) is 0.444. The first-order valence-corrected chi connectivity index (χ1v) is 4.23. The second-order valence-electron chi connectivity index (χ2n) is 3.23. The van der Waals surface area contributed by atoms with Crippen LogP contribution in [0.25, 0.3) is 0 Å². The lowest BCUT2D eigenvalue weighted by Crippen LogP contribution is -2.14. The number of hydrogen-bond acceptors (Lipinski definition) is 2. The highest BCUT2D eigenvalue weighted by atomic mass is 19.1. The van der Waals surface area contributed by atoms with Gasteiger partial charge in [0.2, 0.25) is 0 Å². The minimum Gasteiger partial charge on any atom is -0.307 e. The van der Waals surface area contributed by atoms with Crippen molar-refractivity contribution in [3.63, 3.8) is 0 Å². The molecular weight excluding hydrogens is 174 g/mol. The summed E-state index contributed by atoms with van der Waals surface area (Å²) in [6, 6.07) is 1.31. The number of rotatable bonds is 1. The Balaban J connectivity index is 2.16. The molecule has 4 heteroatoms. The average Bonchev–Trinajstić information content (AvgIpc) is 2.52. The van der Waals surface area contributed by atoms with E-state index in [9.17, 15) is 8.78 Å². The Morgan fingerprint density at radius 2 is 2.31 bits per heavy atom. The summed E-state index contributed by atoms with van der Waals surface area (Å²) in [6.45, 7) is 0.348. The zero-order valence-corrected chi connectivity index (χ0v) is 7.00. The van der Waals surface area contributed by atoms with Gasteiger partial charge in [0.25, 0.3) is 0 Å². The first-order valence-electron chi connectivity index (χ1n) is 4.23. The Morgan fingerprint density at radius 3 is 2.92 bits per heavy atom. The molecule has 1 aromatic rings. The maximum Gasteiger partial charge on any atom is 0.141 e. The number of nitrogens with zero attached hydrogens (tertiary/aromatic N) is 1. The van der Waals surface area contributed by atoms with Gasteiger partial charge in [0.1, 0.15) is 12.0 Å². The van der Waals surface area contributed by atoms with Gasteiger partial charge in [-0.05, 0) is 18.1 Å². The molecule has 1 aromatic heterocycles. The molecule has 0 aliphatic carbocycles. The fourth-order valence-electron chi connectivity index (χ4n) is 1.57. The average molecular weight is 184 g/mol. The predicted octanol–water partition coefficient (Wildman–Crippen LogP) is 1.59. The van der Waals surface area contributed by atoms with Gasteiger partial charge in [-0.3, -0.25) is 4.98 Å². The molecule has 1 aliphatic rings. The zero-order valence-electron chi connectivity index (χ0n) is 7.00. The lowest BCUT2D eigenvalue weighted by molar-refractivity contribution is 0.356. The van der Waals surface area contributed by atoms with Crippen LogP contribution in [0.15, 0.2) is 18.5 Å². The highest BCUT2D eigenvalue weighted by molar-refractivity contribution is 5.16. The van der Waals surface area contributed by atoms with Crippen molar-refractivity contribution >= 4 is 0 Å². The van der Waals surface area contributed by atoms with E-state index in [0.717, 1.165) is 11.8 Å². The molecular formula is C9H10F2N2. The van der Waals surface area contributed by atoms with Crippen LogP contribution in [0.5, 0.6) is 0 Å². The topological polar surface area (TPSA) is 24.9 Å².